The predicted molar refractivity (Wildman–Crippen MR) is 91.6 cm³/mol. The molecule has 0 N–H and O–H groups in total. The van der Waals surface area contributed by atoms with Gasteiger partial charge in [0.1, 0.15) is 5.60 Å². The summed E-state index contributed by atoms with van der Waals surface area (Å²) in [5, 5.41) is 0. The molecule has 0 bridgehead atoms. The van der Waals surface area contributed by atoms with Gasteiger partial charge in [-0.25, -0.2) is 4.79 Å². The third-order valence-electron chi connectivity index (χ3n) is 5.35. The average Bonchev–Trinajstić information content (AvgIpc) is 3.18. The van der Waals surface area contributed by atoms with Crippen LogP contribution < -0.4 is 0 Å². The van der Waals surface area contributed by atoms with Gasteiger partial charge in [0.2, 0.25) is 0 Å². The number of carbonyl (C=O) groups excluding carboxylic acids is 1. The molecule has 3 heterocycles. The summed E-state index contributed by atoms with van der Waals surface area (Å²) in [6.45, 7) is 12.5. The zero-order valence-electron chi connectivity index (χ0n) is 15.1. The van der Waals surface area contributed by atoms with Gasteiger partial charge in [0.25, 0.3) is 0 Å². The summed E-state index contributed by atoms with van der Waals surface area (Å²) in [4.78, 5) is 19.8. The van der Waals surface area contributed by atoms with Gasteiger partial charge in [0.05, 0.1) is 0 Å². The minimum absolute atomic E-state index is 0.122. The number of hydrogen-bond donors (Lipinski definition) is 0. The summed E-state index contributed by atoms with van der Waals surface area (Å²) < 4.78 is 5.68. The minimum Gasteiger partial charge on any atom is -0.444 e. The highest BCUT2D eigenvalue weighted by molar-refractivity contribution is 5.69. The molecule has 0 aromatic carbocycles. The standard InChI is InChI=1S/C18H33N3O2/c1-18(2,3)23-17(22)21-14-15(20-10-6-7-11-20)12-16(21)13-19-8-4-5-9-19/h15-16H,4-14H2,1-3H3/t15-,16-/m0/s1. The Bertz CT molecular complexity index is 409. The van der Waals surface area contributed by atoms with E-state index in [4.69, 9.17) is 4.74 Å². The molecule has 0 aromatic rings. The van der Waals surface area contributed by atoms with Crippen LogP contribution in [0.3, 0.4) is 0 Å². The van der Waals surface area contributed by atoms with Crippen LogP contribution >= 0.6 is 0 Å². The van der Waals surface area contributed by atoms with E-state index in [2.05, 4.69) is 9.80 Å². The quantitative estimate of drug-likeness (QED) is 0.800. The highest BCUT2D eigenvalue weighted by atomic mass is 16.6. The van der Waals surface area contributed by atoms with Gasteiger partial charge in [0.15, 0.2) is 0 Å². The van der Waals surface area contributed by atoms with Crippen LogP contribution in [0.2, 0.25) is 0 Å². The van der Waals surface area contributed by atoms with Crippen molar-refractivity contribution in [2.45, 2.75) is 70.6 Å². The first-order chi connectivity index (χ1) is 10.9. The van der Waals surface area contributed by atoms with E-state index in [1.807, 2.05) is 25.7 Å². The lowest BCUT2D eigenvalue weighted by Gasteiger charge is -2.30. The largest absolute Gasteiger partial charge is 0.444 e. The summed E-state index contributed by atoms with van der Waals surface area (Å²) in [5.74, 6) is 0. The zero-order valence-corrected chi connectivity index (χ0v) is 15.1. The number of nitrogens with zero attached hydrogens (tertiary/aromatic N) is 3. The molecular weight excluding hydrogens is 290 g/mol. The van der Waals surface area contributed by atoms with Gasteiger partial charge in [-0.15, -0.1) is 0 Å². The second-order valence-corrected chi connectivity index (χ2v) is 8.43. The fourth-order valence-electron chi connectivity index (χ4n) is 4.24. The predicted octanol–water partition coefficient (Wildman–Crippen LogP) is 2.56. The van der Waals surface area contributed by atoms with Crippen LogP contribution in [-0.2, 0) is 4.74 Å². The molecule has 0 radical (unpaired) electrons. The SMILES string of the molecule is CC(C)(C)OC(=O)N1C[C@@H](N2CCCC2)C[C@H]1CN1CCCC1. The maximum atomic E-state index is 12.7. The molecule has 0 saturated carbocycles. The Hall–Kier alpha value is -0.810. The van der Waals surface area contributed by atoms with Crippen molar-refractivity contribution in [2.75, 3.05) is 39.3 Å². The van der Waals surface area contributed by atoms with E-state index in [0.717, 1.165) is 19.5 Å². The second-order valence-electron chi connectivity index (χ2n) is 8.43. The topological polar surface area (TPSA) is 36.0 Å². The highest BCUT2D eigenvalue weighted by Gasteiger charge is 2.41. The van der Waals surface area contributed by atoms with E-state index in [-0.39, 0.29) is 6.09 Å². The maximum absolute atomic E-state index is 12.7. The van der Waals surface area contributed by atoms with Crippen molar-refractivity contribution < 1.29 is 9.53 Å². The maximum Gasteiger partial charge on any atom is 0.410 e. The smallest absolute Gasteiger partial charge is 0.410 e. The van der Waals surface area contributed by atoms with Crippen molar-refractivity contribution in [3.05, 3.63) is 0 Å². The van der Waals surface area contributed by atoms with Gasteiger partial charge in [-0.3, -0.25) is 4.90 Å². The molecule has 132 valence electrons. The van der Waals surface area contributed by atoms with E-state index < -0.39 is 5.60 Å². The minimum atomic E-state index is -0.416. The second kappa shape index (κ2) is 6.98. The summed E-state index contributed by atoms with van der Waals surface area (Å²) in [5.41, 5.74) is -0.416. The molecule has 3 aliphatic heterocycles. The fraction of sp³-hybridized carbons (Fsp3) is 0.944. The van der Waals surface area contributed by atoms with Crippen LogP contribution in [0.4, 0.5) is 4.79 Å². The Balaban J connectivity index is 1.65. The lowest BCUT2D eigenvalue weighted by atomic mass is 10.1. The molecule has 3 fully saturated rings. The summed E-state index contributed by atoms with van der Waals surface area (Å²) >= 11 is 0. The van der Waals surface area contributed by atoms with E-state index in [1.54, 1.807) is 0 Å². The average molecular weight is 323 g/mol. The molecule has 0 aliphatic carbocycles. The Morgan fingerprint density at radius 2 is 1.65 bits per heavy atom. The van der Waals surface area contributed by atoms with E-state index in [9.17, 15) is 4.79 Å². The number of hydrogen-bond acceptors (Lipinski definition) is 4. The third-order valence-corrected chi connectivity index (χ3v) is 5.35. The Morgan fingerprint density at radius 3 is 2.26 bits per heavy atom. The van der Waals surface area contributed by atoms with Crippen molar-refractivity contribution in [1.82, 2.24) is 14.7 Å². The first kappa shape index (κ1) is 17.0. The Labute approximate surface area is 140 Å². The van der Waals surface area contributed by atoms with Crippen LogP contribution in [-0.4, -0.2) is 77.7 Å². The normalized spacial score (nSPS) is 30.3. The number of rotatable bonds is 3. The summed E-state index contributed by atoms with van der Waals surface area (Å²) in [6, 6.07) is 0.839. The first-order valence-corrected chi connectivity index (χ1v) is 9.38. The van der Waals surface area contributed by atoms with E-state index in [1.165, 1.54) is 51.9 Å². The van der Waals surface area contributed by atoms with Gasteiger partial charge in [-0.05, 0) is 79.1 Å². The summed E-state index contributed by atoms with van der Waals surface area (Å²) in [7, 11) is 0. The molecule has 5 heteroatoms. The van der Waals surface area contributed by atoms with Gasteiger partial charge in [-0.1, -0.05) is 0 Å². The molecule has 3 rings (SSSR count). The van der Waals surface area contributed by atoms with Crippen molar-refractivity contribution >= 4 is 6.09 Å². The van der Waals surface area contributed by atoms with Gasteiger partial charge < -0.3 is 14.5 Å². The molecule has 23 heavy (non-hydrogen) atoms. The molecule has 0 unspecified atom stereocenters. The molecule has 3 aliphatic rings. The van der Waals surface area contributed by atoms with E-state index in [0.29, 0.717) is 12.1 Å². The van der Waals surface area contributed by atoms with Gasteiger partial charge in [0, 0.05) is 25.2 Å². The number of ether oxygens (including phenoxy) is 1. The van der Waals surface area contributed by atoms with Crippen LogP contribution in [0.25, 0.3) is 0 Å². The zero-order chi connectivity index (χ0) is 16.4. The van der Waals surface area contributed by atoms with Crippen LogP contribution in [0.5, 0.6) is 0 Å². The first-order valence-electron chi connectivity index (χ1n) is 9.38. The molecule has 1 amide bonds. The molecule has 0 spiro atoms. The lowest BCUT2D eigenvalue weighted by Crippen LogP contribution is -2.45. The van der Waals surface area contributed by atoms with Crippen molar-refractivity contribution in [3.63, 3.8) is 0 Å². The number of carbonyl (C=O) groups is 1. The Kier molecular flexibility index (Phi) is 5.16. The number of likely N-dealkylation sites (tertiary alicyclic amines) is 3. The van der Waals surface area contributed by atoms with Crippen LogP contribution in [0, 0.1) is 0 Å². The van der Waals surface area contributed by atoms with Gasteiger partial charge in [-0.2, -0.15) is 0 Å². The van der Waals surface area contributed by atoms with Crippen molar-refractivity contribution in [2.24, 2.45) is 0 Å². The van der Waals surface area contributed by atoms with Crippen LogP contribution in [0.1, 0.15) is 52.9 Å². The lowest BCUT2D eigenvalue weighted by molar-refractivity contribution is 0.0194. The fourth-order valence-corrected chi connectivity index (χ4v) is 4.24. The van der Waals surface area contributed by atoms with Crippen molar-refractivity contribution in [1.29, 1.82) is 0 Å². The summed E-state index contributed by atoms with van der Waals surface area (Å²) in [6.07, 6.45) is 6.20. The van der Waals surface area contributed by atoms with E-state index >= 15 is 0 Å². The Morgan fingerprint density at radius 1 is 1.04 bits per heavy atom. The molecule has 5 nitrogen and oxygen atoms in total. The highest BCUT2D eigenvalue weighted by Crippen LogP contribution is 2.28. The monoisotopic (exact) mass is 323 g/mol. The molecule has 3 saturated heterocycles. The van der Waals surface area contributed by atoms with Crippen LogP contribution in [0.15, 0.2) is 0 Å². The van der Waals surface area contributed by atoms with Crippen molar-refractivity contribution in [3.8, 4) is 0 Å². The third kappa shape index (κ3) is 4.38. The number of amides is 1. The molecule has 2 atom stereocenters. The molecular formula is C18H33N3O2. The van der Waals surface area contributed by atoms with Gasteiger partial charge >= 0.3 is 6.09 Å². The molecule has 0 aromatic heterocycles.